The van der Waals surface area contributed by atoms with Crippen molar-refractivity contribution in [1.82, 2.24) is 10.2 Å². The molecule has 72 valence electrons. The molecule has 0 saturated heterocycles. The molecule has 1 fully saturated rings. The van der Waals surface area contributed by atoms with E-state index in [4.69, 9.17) is 0 Å². The Labute approximate surface area is 83.8 Å². The van der Waals surface area contributed by atoms with Crippen molar-refractivity contribution in [3.63, 3.8) is 0 Å². The van der Waals surface area contributed by atoms with Crippen LogP contribution in [0.15, 0.2) is 18.3 Å². The first-order valence-electron chi connectivity index (χ1n) is 5.07. The molecular weight excluding hydrogens is 174 g/mol. The monoisotopic (exact) mass is 187 g/mol. The van der Waals surface area contributed by atoms with Crippen molar-refractivity contribution in [2.45, 2.75) is 37.5 Å². The molecule has 0 aliphatic heterocycles. The zero-order valence-electron chi connectivity index (χ0n) is 8.11. The molecule has 1 aliphatic rings. The summed E-state index contributed by atoms with van der Waals surface area (Å²) in [6.45, 7) is 0. The van der Waals surface area contributed by atoms with E-state index >= 15 is 0 Å². The lowest BCUT2D eigenvalue weighted by Crippen LogP contribution is -2.28. The lowest BCUT2D eigenvalue weighted by molar-refractivity contribution is 0.356. The zero-order chi connectivity index (χ0) is 9.86. The summed E-state index contributed by atoms with van der Waals surface area (Å²) in [6.07, 6.45) is 7.01. The van der Waals surface area contributed by atoms with Gasteiger partial charge in [0.2, 0.25) is 0 Å². The number of rotatable bonds is 1. The van der Waals surface area contributed by atoms with Gasteiger partial charge in [-0.3, -0.25) is 0 Å². The van der Waals surface area contributed by atoms with Crippen LogP contribution in [0.4, 0.5) is 0 Å². The second-order valence-corrected chi connectivity index (χ2v) is 3.86. The fourth-order valence-corrected chi connectivity index (χ4v) is 2.14. The largest absolute Gasteiger partial charge is 0.197 e. The van der Waals surface area contributed by atoms with E-state index in [2.05, 4.69) is 16.3 Å². The molecule has 3 heteroatoms. The molecule has 1 saturated carbocycles. The quantitative estimate of drug-likeness (QED) is 0.677. The van der Waals surface area contributed by atoms with Crippen LogP contribution in [0.25, 0.3) is 0 Å². The summed E-state index contributed by atoms with van der Waals surface area (Å²) in [5.74, 6) is 0. The van der Waals surface area contributed by atoms with Gasteiger partial charge in [0.1, 0.15) is 5.41 Å². The minimum Gasteiger partial charge on any atom is -0.197 e. The van der Waals surface area contributed by atoms with E-state index in [1.54, 1.807) is 6.20 Å². The first-order chi connectivity index (χ1) is 6.87. The summed E-state index contributed by atoms with van der Waals surface area (Å²) < 4.78 is 0. The van der Waals surface area contributed by atoms with Crippen molar-refractivity contribution in [1.29, 1.82) is 5.26 Å². The molecule has 0 bridgehead atoms. The van der Waals surface area contributed by atoms with Crippen LogP contribution in [0.5, 0.6) is 0 Å². The van der Waals surface area contributed by atoms with Crippen LogP contribution >= 0.6 is 0 Å². The molecule has 1 aliphatic carbocycles. The summed E-state index contributed by atoms with van der Waals surface area (Å²) in [4.78, 5) is 0. The average Bonchev–Trinajstić information content (AvgIpc) is 2.31. The van der Waals surface area contributed by atoms with E-state index in [0.717, 1.165) is 31.4 Å². The normalized spacial score (nSPS) is 19.9. The highest BCUT2D eigenvalue weighted by Crippen LogP contribution is 2.37. The molecular formula is C11H13N3. The number of aromatic nitrogens is 2. The number of hydrogen-bond acceptors (Lipinski definition) is 3. The third kappa shape index (κ3) is 1.48. The first-order valence-corrected chi connectivity index (χ1v) is 5.07. The Morgan fingerprint density at radius 2 is 2.07 bits per heavy atom. The molecule has 0 radical (unpaired) electrons. The van der Waals surface area contributed by atoms with Gasteiger partial charge in [0.25, 0.3) is 0 Å². The van der Waals surface area contributed by atoms with Crippen LogP contribution in [-0.4, -0.2) is 10.2 Å². The van der Waals surface area contributed by atoms with Gasteiger partial charge >= 0.3 is 0 Å². The van der Waals surface area contributed by atoms with Gasteiger partial charge < -0.3 is 0 Å². The number of hydrogen-bond donors (Lipinski definition) is 0. The zero-order valence-corrected chi connectivity index (χ0v) is 8.11. The van der Waals surface area contributed by atoms with E-state index in [9.17, 15) is 5.26 Å². The highest BCUT2D eigenvalue weighted by atomic mass is 15.1. The molecule has 1 heterocycles. The van der Waals surface area contributed by atoms with E-state index in [0.29, 0.717) is 0 Å². The molecule has 0 N–H and O–H groups in total. The molecule has 0 aromatic carbocycles. The number of nitriles is 1. The molecule has 14 heavy (non-hydrogen) atoms. The highest BCUT2D eigenvalue weighted by Gasteiger charge is 2.35. The number of nitrogens with zero attached hydrogens (tertiary/aromatic N) is 3. The van der Waals surface area contributed by atoms with E-state index < -0.39 is 0 Å². The van der Waals surface area contributed by atoms with Gasteiger partial charge in [-0.15, -0.1) is 0 Å². The summed E-state index contributed by atoms with van der Waals surface area (Å²) in [5.41, 5.74) is 0.495. The van der Waals surface area contributed by atoms with Crippen molar-refractivity contribution in [2.24, 2.45) is 0 Å². The lowest BCUT2D eigenvalue weighted by atomic mass is 9.73. The Morgan fingerprint density at radius 1 is 1.29 bits per heavy atom. The van der Waals surface area contributed by atoms with Crippen molar-refractivity contribution in [3.8, 4) is 6.07 Å². The fraction of sp³-hybridized carbons (Fsp3) is 0.545. The molecule has 1 aromatic heterocycles. The van der Waals surface area contributed by atoms with Crippen molar-refractivity contribution in [3.05, 3.63) is 24.0 Å². The maximum Gasteiger partial charge on any atom is 0.101 e. The van der Waals surface area contributed by atoms with Crippen LogP contribution in [-0.2, 0) is 5.41 Å². The van der Waals surface area contributed by atoms with Crippen molar-refractivity contribution < 1.29 is 0 Å². The van der Waals surface area contributed by atoms with Gasteiger partial charge in [0.05, 0.1) is 11.8 Å². The molecule has 0 spiro atoms. The van der Waals surface area contributed by atoms with Crippen LogP contribution in [0.3, 0.4) is 0 Å². The van der Waals surface area contributed by atoms with Gasteiger partial charge in [0.15, 0.2) is 0 Å². The molecule has 0 amide bonds. The first kappa shape index (κ1) is 9.14. The summed E-state index contributed by atoms with van der Waals surface area (Å²) in [7, 11) is 0. The van der Waals surface area contributed by atoms with Crippen LogP contribution in [0.1, 0.15) is 37.8 Å². The van der Waals surface area contributed by atoms with E-state index in [-0.39, 0.29) is 5.41 Å². The summed E-state index contributed by atoms with van der Waals surface area (Å²) >= 11 is 0. The van der Waals surface area contributed by atoms with E-state index in [1.165, 1.54) is 6.42 Å². The van der Waals surface area contributed by atoms with Crippen LogP contribution in [0, 0.1) is 11.3 Å². The Balaban J connectivity index is 2.33. The lowest BCUT2D eigenvalue weighted by Gasteiger charge is -2.29. The van der Waals surface area contributed by atoms with Crippen LogP contribution < -0.4 is 0 Å². The topological polar surface area (TPSA) is 49.6 Å². The van der Waals surface area contributed by atoms with Crippen molar-refractivity contribution >= 4 is 0 Å². The van der Waals surface area contributed by atoms with Gasteiger partial charge in [-0.2, -0.15) is 15.5 Å². The van der Waals surface area contributed by atoms with E-state index in [1.807, 2.05) is 12.1 Å². The minimum absolute atomic E-state index is 0.355. The Kier molecular flexibility index (Phi) is 2.45. The van der Waals surface area contributed by atoms with Gasteiger partial charge in [-0.25, -0.2) is 0 Å². The van der Waals surface area contributed by atoms with Crippen molar-refractivity contribution in [2.75, 3.05) is 0 Å². The summed E-state index contributed by atoms with van der Waals surface area (Å²) in [6, 6.07) is 6.21. The maximum absolute atomic E-state index is 9.28. The molecule has 1 aromatic rings. The maximum atomic E-state index is 9.28. The van der Waals surface area contributed by atoms with Gasteiger partial charge in [0, 0.05) is 6.20 Å². The second-order valence-electron chi connectivity index (χ2n) is 3.86. The smallest absolute Gasteiger partial charge is 0.101 e. The Morgan fingerprint density at radius 3 is 2.64 bits per heavy atom. The Bertz CT molecular complexity index is 333. The third-order valence-corrected chi connectivity index (χ3v) is 2.98. The highest BCUT2D eigenvalue weighted by molar-refractivity contribution is 5.25. The third-order valence-electron chi connectivity index (χ3n) is 2.98. The van der Waals surface area contributed by atoms with Crippen LogP contribution in [0.2, 0.25) is 0 Å². The minimum atomic E-state index is -0.355. The standard InChI is InChI=1S/C11H13N3/c12-9-11(6-2-1-3-7-11)10-5-4-8-13-14-10/h4-5,8H,1-3,6-7H2. The molecule has 0 unspecified atom stereocenters. The fourth-order valence-electron chi connectivity index (χ4n) is 2.14. The molecule has 0 atom stereocenters. The average molecular weight is 187 g/mol. The Hall–Kier alpha value is -1.43. The molecule has 2 rings (SSSR count). The predicted octanol–water partition coefficient (Wildman–Crippen LogP) is 2.20. The SMILES string of the molecule is N#CC1(c2cccnn2)CCCCC1. The van der Waals surface area contributed by atoms with Gasteiger partial charge in [-0.1, -0.05) is 19.3 Å². The molecule has 3 nitrogen and oxygen atoms in total. The predicted molar refractivity (Wildman–Crippen MR) is 52.4 cm³/mol. The van der Waals surface area contributed by atoms with Gasteiger partial charge in [-0.05, 0) is 25.0 Å². The summed E-state index contributed by atoms with van der Waals surface area (Å²) in [5, 5.41) is 17.2. The second kappa shape index (κ2) is 3.75.